The number of nitrogens with one attached hydrogen (secondary N) is 1. The van der Waals surface area contributed by atoms with Crippen LogP contribution in [0.5, 0.6) is 0 Å². The van der Waals surface area contributed by atoms with Crippen molar-refractivity contribution in [3.05, 3.63) is 144 Å². The second kappa shape index (κ2) is 9.63. The van der Waals surface area contributed by atoms with E-state index in [2.05, 4.69) is 140 Å². The maximum Gasteiger partial charge on any atom is 0.0963 e. The summed E-state index contributed by atoms with van der Waals surface area (Å²) in [6.45, 7) is 4.46. The summed E-state index contributed by atoms with van der Waals surface area (Å²) in [5.74, 6) is 0.404. The van der Waals surface area contributed by atoms with Gasteiger partial charge in [-0.25, -0.2) is 0 Å². The van der Waals surface area contributed by atoms with E-state index in [1.807, 2.05) is 0 Å². The Hall–Kier alpha value is -3.72. The summed E-state index contributed by atoms with van der Waals surface area (Å²) in [6.07, 6.45) is 0.164. The van der Waals surface area contributed by atoms with Crippen molar-refractivity contribution in [1.29, 1.82) is 0 Å². The molecule has 6 rings (SSSR count). The molecule has 2 heteroatoms. The fourth-order valence-electron chi connectivity index (χ4n) is 6.25. The van der Waals surface area contributed by atoms with Crippen LogP contribution in [0.15, 0.2) is 121 Å². The van der Waals surface area contributed by atoms with E-state index >= 15 is 0 Å². The van der Waals surface area contributed by atoms with E-state index < -0.39 is 11.6 Å². The lowest BCUT2D eigenvalue weighted by Gasteiger charge is -2.40. The number of rotatable bonds is 7. The number of hydrogen-bond acceptors (Lipinski definition) is 2. The van der Waals surface area contributed by atoms with Crippen LogP contribution in [0, 0.1) is 5.92 Å². The molecule has 0 saturated carbocycles. The Morgan fingerprint density at radius 1 is 0.649 bits per heavy atom. The van der Waals surface area contributed by atoms with Crippen molar-refractivity contribution >= 4 is 10.8 Å². The van der Waals surface area contributed by atoms with E-state index in [4.69, 9.17) is 0 Å². The molecule has 0 spiro atoms. The third-order valence-electron chi connectivity index (χ3n) is 7.81. The molecule has 2 atom stereocenters. The van der Waals surface area contributed by atoms with Crippen molar-refractivity contribution in [2.45, 2.75) is 38.0 Å². The molecule has 184 valence electrons. The van der Waals surface area contributed by atoms with E-state index in [0.717, 1.165) is 22.8 Å². The minimum atomic E-state index is -0.672. The van der Waals surface area contributed by atoms with E-state index in [0.29, 0.717) is 5.92 Å². The van der Waals surface area contributed by atoms with Crippen LogP contribution in [0.2, 0.25) is 0 Å². The molecule has 5 aromatic carbocycles. The highest BCUT2D eigenvalue weighted by Gasteiger charge is 2.46. The third-order valence-corrected chi connectivity index (χ3v) is 7.81. The zero-order chi connectivity index (χ0) is 25.4. The molecular weight excluding hydrogens is 450 g/mol. The van der Waals surface area contributed by atoms with Gasteiger partial charge in [-0.3, -0.25) is 5.32 Å². The highest BCUT2D eigenvalue weighted by atomic mass is 16.3. The van der Waals surface area contributed by atoms with E-state index in [-0.39, 0.29) is 6.04 Å². The Balaban J connectivity index is 1.55. The van der Waals surface area contributed by atoms with Crippen molar-refractivity contribution < 1.29 is 5.11 Å². The maximum atomic E-state index is 12.1. The second-order valence-electron chi connectivity index (χ2n) is 10.6. The fourth-order valence-corrected chi connectivity index (χ4v) is 6.25. The monoisotopic (exact) mass is 483 g/mol. The number of fused-ring (bicyclic) bond motifs is 4. The zero-order valence-electron chi connectivity index (χ0n) is 21.4. The predicted molar refractivity (Wildman–Crippen MR) is 153 cm³/mol. The molecule has 0 saturated heterocycles. The smallest absolute Gasteiger partial charge is 0.0963 e. The molecule has 0 fully saturated rings. The normalized spacial score (nSPS) is 15.4. The molecule has 2 N–H and O–H groups in total. The van der Waals surface area contributed by atoms with Gasteiger partial charge < -0.3 is 5.11 Å². The van der Waals surface area contributed by atoms with Crippen molar-refractivity contribution in [3.8, 4) is 11.1 Å². The lowest BCUT2D eigenvalue weighted by molar-refractivity contribution is 0.106. The number of aliphatic hydroxyl groups is 1. The highest BCUT2D eigenvalue weighted by molar-refractivity contribution is 5.86. The van der Waals surface area contributed by atoms with Gasteiger partial charge in [0.2, 0.25) is 0 Å². The topological polar surface area (TPSA) is 32.3 Å². The van der Waals surface area contributed by atoms with Gasteiger partial charge in [0, 0.05) is 6.04 Å². The average Bonchev–Trinajstić information content (AvgIpc) is 3.23. The fraction of sp³-hybridized carbons (Fsp3) is 0.200. The summed E-state index contributed by atoms with van der Waals surface area (Å²) in [5, 5.41) is 18.4. The molecule has 1 aliphatic rings. The lowest BCUT2D eigenvalue weighted by Crippen LogP contribution is -2.51. The third kappa shape index (κ3) is 3.98. The summed E-state index contributed by atoms with van der Waals surface area (Å²) >= 11 is 0. The maximum absolute atomic E-state index is 12.1. The van der Waals surface area contributed by atoms with Crippen molar-refractivity contribution in [2.75, 3.05) is 0 Å². The minimum Gasteiger partial charge on any atom is -0.387 e. The molecule has 0 bridgehead atoms. The van der Waals surface area contributed by atoms with Gasteiger partial charge in [-0.15, -0.1) is 0 Å². The van der Waals surface area contributed by atoms with Crippen LogP contribution in [-0.2, 0) is 5.54 Å². The van der Waals surface area contributed by atoms with Gasteiger partial charge in [-0.2, -0.15) is 0 Å². The summed E-state index contributed by atoms with van der Waals surface area (Å²) in [6, 6.07) is 42.6. The van der Waals surface area contributed by atoms with Gasteiger partial charge in [-0.1, -0.05) is 135 Å². The van der Waals surface area contributed by atoms with E-state index in [9.17, 15) is 5.11 Å². The van der Waals surface area contributed by atoms with Gasteiger partial charge in [0.05, 0.1) is 11.6 Å². The first-order valence-electron chi connectivity index (χ1n) is 13.3. The standard InChI is InChI=1S/C35H33NO/c1-24(2)23-33(34(37)30-20-12-14-25-13-6-7-17-27(25)30)36-35(26-15-4-3-5-16-26)31-21-10-8-18-28(31)29-19-9-11-22-32(29)35/h3-22,24,33-34,36-37H,23H2,1-2H3/t33-,34+/m0/s1. The van der Waals surface area contributed by atoms with Crippen molar-refractivity contribution in [1.82, 2.24) is 5.32 Å². The molecule has 0 heterocycles. The second-order valence-corrected chi connectivity index (χ2v) is 10.6. The minimum absolute atomic E-state index is 0.176. The van der Waals surface area contributed by atoms with Crippen LogP contribution in [0.4, 0.5) is 0 Å². The van der Waals surface area contributed by atoms with Gasteiger partial charge >= 0.3 is 0 Å². The number of hydrogen-bond donors (Lipinski definition) is 2. The van der Waals surface area contributed by atoms with Crippen LogP contribution < -0.4 is 5.32 Å². The van der Waals surface area contributed by atoms with Gasteiger partial charge in [0.25, 0.3) is 0 Å². The zero-order valence-corrected chi connectivity index (χ0v) is 21.4. The molecule has 2 nitrogen and oxygen atoms in total. The number of benzene rings is 5. The summed E-state index contributed by atoms with van der Waals surface area (Å²) in [5.41, 5.74) is 6.56. The SMILES string of the molecule is CC(C)C[C@H](NC1(c2ccccc2)c2ccccc2-c2ccccc21)[C@H](O)c1cccc2ccccc12. The quantitative estimate of drug-likeness (QED) is 0.247. The summed E-state index contributed by atoms with van der Waals surface area (Å²) in [7, 11) is 0. The Bertz CT molecular complexity index is 1490. The molecule has 0 radical (unpaired) electrons. The Morgan fingerprint density at radius 2 is 1.22 bits per heavy atom. The lowest BCUT2D eigenvalue weighted by atomic mass is 9.78. The van der Waals surface area contributed by atoms with Crippen molar-refractivity contribution in [2.24, 2.45) is 5.92 Å². The Kier molecular flexibility index (Phi) is 6.16. The van der Waals surface area contributed by atoms with E-state index in [1.54, 1.807) is 0 Å². The molecular formula is C35H33NO. The molecule has 0 amide bonds. The van der Waals surface area contributed by atoms with Crippen LogP contribution in [0.3, 0.4) is 0 Å². The number of aliphatic hydroxyl groups excluding tert-OH is 1. The molecule has 0 aromatic heterocycles. The summed E-state index contributed by atoms with van der Waals surface area (Å²) in [4.78, 5) is 0. The first-order valence-corrected chi connectivity index (χ1v) is 13.3. The van der Waals surface area contributed by atoms with Gasteiger partial charge in [-0.05, 0) is 56.5 Å². The Morgan fingerprint density at radius 3 is 1.89 bits per heavy atom. The first-order chi connectivity index (χ1) is 18.1. The molecule has 1 aliphatic carbocycles. The van der Waals surface area contributed by atoms with Crippen LogP contribution in [0.1, 0.15) is 48.6 Å². The van der Waals surface area contributed by atoms with Crippen LogP contribution in [0.25, 0.3) is 21.9 Å². The van der Waals surface area contributed by atoms with E-state index in [1.165, 1.54) is 27.8 Å². The van der Waals surface area contributed by atoms with Crippen LogP contribution >= 0.6 is 0 Å². The van der Waals surface area contributed by atoms with Gasteiger partial charge in [0.15, 0.2) is 0 Å². The molecule has 0 unspecified atom stereocenters. The Labute approximate surface area is 219 Å². The largest absolute Gasteiger partial charge is 0.387 e. The molecule has 0 aliphatic heterocycles. The summed E-state index contributed by atoms with van der Waals surface area (Å²) < 4.78 is 0. The first kappa shape index (κ1) is 23.7. The predicted octanol–water partition coefficient (Wildman–Crippen LogP) is 7.85. The van der Waals surface area contributed by atoms with Crippen LogP contribution in [-0.4, -0.2) is 11.1 Å². The van der Waals surface area contributed by atoms with Crippen molar-refractivity contribution in [3.63, 3.8) is 0 Å². The average molecular weight is 484 g/mol. The highest BCUT2D eigenvalue weighted by Crippen LogP contribution is 2.51. The van der Waals surface area contributed by atoms with Gasteiger partial charge in [0.1, 0.15) is 0 Å². The molecule has 37 heavy (non-hydrogen) atoms. The molecule has 5 aromatic rings.